The Morgan fingerprint density at radius 3 is 1.80 bits per heavy atom. The zero-order valence-corrected chi connectivity index (χ0v) is 11.2. The van der Waals surface area contributed by atoms with Gasteiger partial charge in [0, 0.05) is 11.1 Å². The van der Waals surface area contributed by atoms with E-state index in [4.69, 9.17) is 9.84 Å². The Kier molecular flexibility index (Phi) is 4.84. The van der Waals surface area contributed by atoms with Crippen molar-refractivity contribution >= 4 is 0 Å². The minimum atomic E-state index is 0.0466. The number of aliphatic hydroxyl groups excluding tert-OH is 1. The van der Waals surface area contributed by atoms with Gasteiger partial charge in [-0.2, -0.15) is 0 Å². The van der Waals surface area contributed by atoms with Crippen LogP contribution in [0.4, 0.5) is 0 Å². The lowest BCUT2D eigenvalue weighted by Gasteiger charge is -1.96. The quantitative estimate of drug-likeness (QED) is 0.843. The van der Waals surface area contributed by atoms with Gasteiger partial charge in [0.25, 0.3) is 0 Å². The Hall–Kier alpha value is -2.68. The molecule has 2 rings (SSSR count). The second-order valence-electron chi connectivity index (χ2n) is 4.08. The van der Waals surface area contributed by atoms with Crippen LogP contribution in [0.2, 0.25) is 0 Å². The van der Waals surface area contributed by atoms with Gasteiger partial charge in [0.15, 0.2) is 0 Å². The van der Waals surface area contributed by atoms with E-state index < -0.39 is 0 Å². The molecule has 98 valence electrons. The second kappa shape index (κ2) is 7.04. The summed E-state index contributed by atoms with van der Waals surface area (Å²) in [5.74, 6) is 12.4. The van der Waals surface area contributed by atoms with Gasteiger partial charge in [0.05, 0.1) is 13.7 Å². The van der Waals surface area contributed by atoms with Gasteiger partial charge >= 0.3 is 0 Å². The summed E-state index contributed by atoms with van der Waals surface area (Å²) in [6.07, 6.45) is 0. The highest BCUT2D eigenvalue weighted by molar-refractivity contribution is 5.45. The predicted molar refractivity (Wildman–Crippen MR) is 79.1 cm³/mol. The topological polar surface area (TPSA) is 29.5 Å². The third-order valence-corrected chi connectivity index (χ3v) is 2.70. The highest BCUT2D eigenvalue weighted by Gasteiger charge is 1.90. The SMILES string of the molecule is COc1ccc(C#CC#Cc2ccc(CO)cc2)cc1. The summed E-state index contributed by atoms with van der Waals surface area (Å²) in [7, 11) is 1.63. The van der Waals surface area contributed by atoms with Crippen LogP contribution in [0.25, 0.3) is 0 Å². The minimum absolute atomic E-state index is 0.0466. The van der Waals surface area contributed by atoms with Gasteiger partial charge in [-0.15, -0.1) is 0 Å². The summed E-state index contributed by atoms with van der Waals surface area (Å²) >= 11 is 0. The van der Waals surface area contributed by atoms with E-state index in [0.717, 1.165) is 22.4 Å². The van der Waals surface area contributed by atoms with Crippen molar-refractivity contribution in [2.45, 2.75) is 6.61 Å². The fourth-order valence-electron chi connectivity index (χ4n) is 1.57. The van der Waals surface area contributed by atoms with Crippen LogP contribution in [0.5, 0.6) is 5.75 Å². The van der Waals surface area contributed by atoms with Gasteiger partial charge < -0.3 is 9.84 Å². The molecule has 0 aliphatic rings. The molecule has 0 heterocycles. The average molecular weight is 262 g/mol. The summed E-state index contributed by atoms with van der Waals surface area (Å²) < 4.78 is 5.08. The van der Waals surface area contributed by atoms with Crippen molar-refractivity contribution in [3.63, 3.8) is 0 Å². The van der Waals surface area contributed by atoms with E-state index in [2.05, 4.69) is 23.7 Å². The molecule has 0 aromatic heterocycles. The van der Waals surface area contributed by atoms with Gasteiger partial charge in [-0.25, -0.2) is 0 Å². The molecule has 0 aliphatic carbocycles. The van der Waals surface area contributed by atoms with Crippen LogP contribution in [0.1, 0.15) is 16.7 Å². The van der Waals surface area contributed by atoms with E-state index in [-0.39, 0.29) is 6.61 Å². The number of benzene rings is 2. The summed E-state index contributed by atoms with van der Waals surface area (Å²) in [5, 5.41) is 8.94. The Balaban J connectivity index is 2.04. The van der Waals surface area contributed by atoms with Crippen molar-refractivity contribution in [1.82, 2.24) is 0 Å². The van der Waals surface area contributed by atoms with Crippen molar-refractivity contribution in [1.29, 1.82) is 0 Å². The van der Waals surface area contributed by atoms with Crippen LogP contribution in [-0.2, 0) is 6.61 Å². The first-order valence-corrected chi connectivity index (χ1v) is 6.17. The number of hydrogen-bond acceptors (Lipinski definition) is 2. The van der Waals surface area contributed by atoms with E-state index >= 15 is 0 Å². The van der Waals surface area contributed by atoms with Gasteiger partial charge in [0.1, 0.15) is 5.75 Å². The standard InChI is InChI=1S/C18H14O2/c1-20-18-12-10-16(11-13-18)5-3-2-4-15-6-8-17(14-19)9-7-15/h6-13,19H,14H2,1H3. The van der Waals surface area contributed by atoms with E-state index in [1.165, 1.54) is 0 Å². The van der Waals surface area contributed by atoms with E-state index in [1.807, 2.05) is 48.5 Å². The number of aliphatic hydroxyl groups is 1. The zero-order chi connectivity index (χ0) is 14.2. The number of methoxy groups -OCH3 is 1. The molecule has 0 spiro atoms. The first-order chi connectivity index (χ1) is 9.81. The molecule has 0 saturated heterocycles. The predicted octanol–water partition coefficient (Wildman–Crippen LogP) is 2.59. The molecule has 0 saturated carbocycles. The minimum Gasteiger partial charge on any atom is -0.497 e. The van der Waals surface area contributed by atoms with Crippen LogP contribution in [0.15, 0.2) is 48.5 Å². The fraction of sp³-hybridized carbons (Fsp3) is 0.111. The monoisotopic (exact) mass is 262 g/mol. The lowest BCUT2D eigenvalue weighted by molar-refractivity contribution is 0.282. The smallest absolute Gasteiger partial charge is 0.118 e. The van der Waals surface area contributed by atoms with Crippen LogP contribution in [0.3, 0.4) is 0 Å². The molecule has 0 unspecified atom stereocenters. The Morgan fingerprint density at radius 1 is 0.850 bits per heavy atom. The molecule has 2 nitrogen and oxygen atoms in total. The Labute approximate surface area is 119 Å². The maximum absolute atomic E-state index is 8.94. The molecule has 0 atom stereocenters. The summed E-state index contributed by atoms with van der Waals surface area (Å²) in [4.78, 5) is 0. The fourth-order valence-corrected chi connectivity index (χ4v) is 1.57. The Bertz CT molecular complexity index is 611. The molecule has 2 aromatic rings. The van der Waals surface area contributed by atoms with Crippen LogP contribution in [-0.4, -0.2) is 12.2 Å². The highest BCUT2D eigenvalue weighted by atomic mass is 16.5. The molecule has 0 fully saturated rings. The van der Waals surface area contributed by atoms with Crippen molar-refractivity contribution in [3.05, 3.63) is 65.2 Å². The molecular formula is C18H14O2. The number of ether oxygens (including phenoxy) is 1. The second-order valence-corrected chi connectivity index (χ2v) is 4.08. The molecule has 0 amide bonds. The van der Waals surface area contributed by atoms with Gasteiger partial charge in [0.2, 0.25) is 0 Å². The van der Waals surface area contributed by atoms with Crippen LogP contribution in [0, 0.1) is 23.7 Å². The molecule has 0 aliphatic heterocycles. The first-order valence-electron chi connectivity index (χ1n) is 6.17. The van der Waals surface area contributed by atoms with E-state index in [9.17, 15) is 0 Å². The van der Waals surface area contributed by atoms with E-state index in [0.29, 0.717) is 0 Å². The largest absolute Gasteiger partial charge is 0.497 e. The Morgan fingerprint density at radius 2 is 1.35 bits per heavy atom. The molecule has 0 radical (unpaired) electrons. The molecule has 2 heteroatoms. The van der Waals surface area contributed by atoms with Gasteiger partial charge in [-0.1, -0.05) is 24.0 Å². The highest BCUT2D eigenvalue weighted by Crippen LogP contribution is 2.10. The van der Waals surface area contributed by atoms with Crippen LogP contribution < -0.4 is 4.74 Å². The summed E-state index contributed by atoms with van der Waals surface area (Å²) in [6, 6.07) is 15.0. The average Bonchev–Trinajstić information content (AvgIpc) is 2.53. The van der Waals surface area contributed by atoms with Crippen molar-refractivity contribution < 1.29 is 9.84 Å². The zero-order valence-electron chi connectivity index (χ0n) is 11.2. The third kappa shape index (κ3) is 3.92. The molecule has 20 heavy (non-hydrogen) atoms. The van der Waals surface area contributed by atoms with Crippen molar-refractivity contribution in [2.75, 3.05) is 7.11 Å². The third-order valence-electron chi connectivity index (χ3n) is 2.70. The van der Waals surface area contributed by atoms with Crippen molar-refractivity contribution in [3.8, 4) is 29.4 Å². The molecule has 0 bridgehead atoms. The molecule has 2 aromatic carbocycles. The summed E-state index contributed by atoms with van der Waals surface area (Å²) in [6.45, 7) is 0.0466. The maximum atomic E-state index is 8.94. The normalized spacial score (nSPS) is 8.90. The van der Waals surface area contributed by atoms with Crippen molar-refractivity contribution in [2.24, 2.45) is 0 Å². The number of rotatable bonds is 2. The van der Waals surface area contributed by atoms with Crippen LogP contribution >= 0.6 is 0 Å². The summed E-state index contributed by atoms with van der Waals surface area (Å²) in [5.41, 5.74) is 2.65. The van der Waals surface area contributed by atoms with Gasteiger partial charge in [-0.3, -0.25) is 0 Å². The molecule has 1 N–H and O–H groups in total. The maximum Gasteiger partial charge on any atom is 0.118 e. The first kappa shape index (κ1) is 13.7. The van der Waals surface area contributed by atoms with Gasteiger partial charge in [-0.05, 0) is 53.8 Å². The molecular weight excluding hydrogens is 248 g/mol. The lowest BCUT2D eigenvalue weighted by Crippen LogP contribution is -1.82. The number of hydrogen-bond donors (Lipinski definition) is 1. The van der Waals surface area contributed by atoms with E-state index in [1.54, 1.807) is 7.11 Å². The lowest BCUT2D eigenvalue weighted by atomic mass is 10.1.